The molecule has 3 amide bonds. The molecule has 1 aromatic heterocycles. The first-order valence-electron chi connectivity index (χ1n) is 9.87. The molecular weight excluding hydrogens is 374 g/mol. The van der Waals surface area contributed by atoms with Crippen LogP contribution < -0.4 is 5.32 Å². The lowest BCUT2D eigenvalue weighted by molar-refractivity contribution is -0.136. The number of carbonyl (C=O) groups is 3. The van der Waals surface area contributed by atoms with Gasteiger partial charge in [0.2, 0.25) is 11.8 Å². The summed E-state index contributed by atoms with van der Waals surface area (Å²) in [6.45, 7) is 0.535. The van der Waals surface area contributed by atoms with Gasteiger partial charge in [-0.25, -0.2) is 4.68 Å². The minimum Gasteiger partial charge on any atom is -0.396 e. The molecule has 1 aromatic carbocycles. The van der Waals surface area contributed by atoms with E-state index in [0.717, 1.165) is 42.6 Å². The zero-order valence-corrected chi connectivity index (χ0v) is 16.0. The van der Waals surface area contributed by atoms with Gasteiger partial charge in [0.05, 0.1) is 17.6 Å². The molecule has 1 unspecified atom stereocenters. The number of aliphatic hydroxyl groups excluding tert-OH is 1. The Morgan fingerprint density at radius 1 is 1.17 bits per heavy atom. The average Bonchev–Trinajstić information content (AvgIpc) is 3.30. The van der Waals surface area contributed by atoms with Crippen molar-refractivity contribution in [1.82, 2.24) is 25.2 Å². The highest BCUT2D eigenvalue weighted by atomic mass is 16.3. The van der Waals surface area contributed by atoms with Gasteiger partial charge < -0.3 is 10.0 Å². The van der Waals surface area contributed by atoms with Gasteiger partial charge in [-0.2, -0.15) is 0 Å². The molecule has 0 bridgehead atoms. The number of rotatable bonds is 7. The van der Waals surface area contributed by atoms with Crippen LogP contribution in [-0.4, -0.2) is 55.4 Å². The molecule has 2 N–H and O–H groups in total. The average molecular weight is 397 g/mol. The summed E-state index contributed by atoms with van der Waals surface area (Å²) in [5.41, 5.74) is 3.08. The number of fused-ring (bicyclic) bond motifs is 1. The number of aliphatic hydroxyl groups is 1. The van der Waals surface area contributed by atoms with Gasteiger partial charge in [-0.3, -0.25) is 19.7 Å². The molecular formula is C20H23N5O4. The SMILES string of the molecule is O=C1CCC(N2Cc3cc(-n4cc(CCCCCO)nn4)ccc3C2=O)C(=O)N1. The van der Waals surface area contributed by atoms with Crippen LogP contribution in [0.2, 0.25) is 0 Å². The lowest BCUT2D eigenvalue weighted by Crippen LogP contribution is -2.52. The maximum absolute atomic E-state index is 12.8. The lowest BCUT2D eigenvalue weighted by Gasteiger charge is -2.29. The van der Waals surface area contributed by atoms with Gasteiger partial charge in [0.25, 0.3) is 5.91 Å². The van der Waals surface area contributed by atoms with Crippen LogP contribution in [0.3, 0.4) is 0 Å². The first-order chi connectivity index (χ1) is 14.1. The van der Waals surface area contributed by atoms with Crippen LogP contribution in [0.25, 0.3) is 5.69 Å². The monoisotopic (exact) mass is 397 g/mol. The molecule has 0 radical (unpaired) electrons. The highest BCUT2D eigenvalue weighted by Crippen LogP contribution is 2.29. The molecule has 2 aliphatic rings. The van der Waals surface area contributed by atoms with Crippen LogP contribution in [0.5, 0.6) is 0 Å². The highest BCUT2D eigenvalue weighted by Gasteiger charge is 2.39. The molecule has 0 spiro atoms. The molecule has 2 aliphatic heterocycles. The van der Waals surface area contributed by atoms with Crippen molar-refractivity contribution in [3.8, 4) is 5.69 Å². The molecule has 4 rings (SSSR count). The van der Waals surface area contributed by atoms with Crippen LogP contribution in [-0.2, 0) is 22.6 Å². The number of amides is 3. The number of hydrogen-bond acceptors (Lipinski definition) is 6. The third-order valence-electron chi connectivity index (χ3n) is 5.40. The Labute approximate surface area is 167 Å². The zero-order chi connectivity index (χ0) is 20.4. The molecule has 1 fully saturated rings. The van der Waals surface area contributed by atoms with Crippen molar-refractivity contribution >= 4 is 17.7 Å². The summed E-state index contributed by atoms with van der Waals surface area (Å²) >= 11 is 0. The fourth-order valence-electron chi connectivity index (χ4n) is 3.84. The van der Waals surface area contributed by atoms with Gasteiger partial charge in [0, 0.05) is 25.1 Å². The van der Waals surface area contributed by atoms with Gasteiger partial charge in [-0.15, -0.1) is 5.10 Å². The Kier molecular flexibility index (Phi) is 5.39. The minimum absolute atomic E-state index is 0.191. The molecule has 3 heterocycles. The molecule has 9 nitrogen and oxygen atoms in total. The summed E-state index contributed by atoms with van der Waals surface area (Å²) in [6.07, 6.45) is 5.93. The topological polar surface area (TPSA) is 117 Å². The Hall–Kier alpha value is -3.07. The third-order valence-corrected chi connectivity index (χ3v) is 5.40. The molecule has 1 saturated heterocycles. The van der Waals surface area contributed by atoms with E-state index in [4.69, 9.17) is 5.11 Å². The fraction of sp³-hybridized carbons (Fsp3) is 0.450. The quantitative estimate of drug-likeness (QED) is 0.525. The maximum Gasteiger partial charge on any atom is 0.255 e. The number of imide groups is 1. The summed E-state index contributed by atoms with van der Waals surface area (Å²) in [5, 5.41) is 19.5. The number of carbonyl (C=O) groups excluding carboxylic acids is 3. The third kappa shape index (κ3) is 3.91. The van der Waals surface area contributed by atoms with Gasteiger partial charge in [-0.1, -0.05) is 11.6 Å². The Balaban J connectivity index is 1.47. The van der Waals surface area contributed by atoms with Crippen molar-refractivity contribution in [2.45, 2.75) is 51.1 Å². The van der Waals surface area contributed by atoms with Gasteiger partial charge in [0.1, 0.15) is 6.04 Å². The summed E-state index contributed by atoms with van der Waals surface area (Å²) in [4.78, 5) is 37.8. The number of piperidine rings is 1. The van der Waals surface area contributed by atoms with E-state index in [1.165, 1.54) is 4.90 Å². The molecule has 152 valence electrons. The van der Waals surface area contributed by atoms with E-state index in [2.05, 4.69) is 15.6 Å². The molecule has 9 heteroatoms. The normalized spacial score (nSPS) is 18.9. The number of hydrogen-bond donors (Lipinski definition) is 2. The van der Waals surface area contributed by atoms with Crippen LogP contribution in [0.15, 0.2) is 24.4 Å². The summed E-state index contributed by atoms with van der Waals surface area (Å²) in [7, 11) is 0. The summed E-state index contributed by atoms with van der Waals surface area (Å²) in [6, 6.07) is 4.84. The number of unbranched alkanes of at least 4 members (excludes halogenated alkanes) is 2. The van der Waals surface area contributed by atoms with Crippen molar-refractivity contribution < 1.29 is 19.5 Å². The van der Waals surface area contributed by atoms with Crippen molar-refractivity contribution in [2.75, 3.05) is 6.61 Å². The second kappa shape index (κ2) is 8.12. The first kappa shape index (κ1) is 19.3. The molecule has 2 aromatic rings. The Morgan fingerprint density at radius 2 is 2.03 bits per heavy atom. The van der Waals surface area contributed by atoms with Crippen molar-refractivity contribution in [3.05, 3.63) is 41.2 Å². The predicted octanol–water partition coefficient (Wildman–Crippen LogP) is 0.733. The van der Waals surface area contributed by atoms with Crippen LogP contribution in [0.4, 0.5) is 0 Å². The number of benzene rings is 1. The van der Waals surface area contributed by atoms with Crippen molar-refractivity contribution in [1.29, 1.82) is 0 Å². The Morgan fingerprint density at radius 3 is 2.83 bits per heavy atom. The molecule has 0 aliphatic carbocycles. The smallest absolute Gasteiger partial charge is 0.255 e. The van der Waals surface area contributed by atoms with E-state index in [1.807, 2.05) is 18.3 Å². The maximum atomic E-state index is 12.8. The van der Waals surface area contributed by atoms with Crippen LogP contribution in [0, 0.1) is 0 Å². The largest absolute Gasteiger partial charge is 0.396 e. The summed E-state index contributed by atoms with van der Waals surface area (Å²) in [5.74, 6) is -0.898. The van der Waals surface area contributed by atoms with Crippen molar-refractivity contribution in [2.24, 2.45) is 0 Å². The first-order valence-corrected chi connectivity index (χ1v) is 9.87. The molecule has 29 heavy (non-hydrogen) atoms. The summed E-state index contributed by atoms with van der Waals surface area (Å²) < 4.78 is 1.68. The van der Waals surface area contributed by atoms with Crippen LogP contribution >= 0.6 is 0 Å². The van der Waals surface area contributed by atoms with Crippen molar-refractivity contribution in [3.63, 3.8) is 0 Å². The van der Waals surface area contributed by atoms with Gasteiger partial charge in [0.15, 0.2) is 0 Å². The van der Waals surface area contributed by atoms with E-state index in [1.54, 1.807) is 10.7 Å². The van der Waals surface area contributed by atoms with E-state index < -0.39 is 11.9 Å². The second-order valence-electron chi connectivity index (χ2n) is 7.43. The second-order valence-corrected chi connectivity index (χ2v) is 7.43. The minimum atomic E-state index is -0.618. The Bertz CT molecular complexity index is 954. The van der Waals surface area contributed by atoms with Gasteiger partial charge in [-0.05, 0) is 49.4 Å². The lowest BCUT2D eigenvalue weighted by atomic mass is 10.0. The fourth-order valence-corrected chi connectivity index (χ4v) is 3.84. The number of nitrogens with zero attached hydrogens (tertiary/aromatic N) is 4. The standard InChI is InChI=1S/C20H23N5O4/c26-9-3-1-2-4-14-12-25(23-22-14)15-5-6-16-13(10-15)11-24(20(16)29)17-7-8-18(27)21-19(17)28/h5-6,10,12,17,26H,1-4,7-9,11H2,(H,21,27,28). The van der Waals surface area contributed by atoms with E-state index >= 15 is 0 Å². The van der Waals surface area contributed by atoms with Crippen LogP contribution in [0.1, 0.15) is 53.7 Å². The van der Waals surface area contributed by atoms with E-state index in [9.17, 15) is 14.4 Å². The highest BCUT2D eigenvalue weighted by molar-refractivity contribution is 6.05. The molecule has 1 atom stereocenters. The van der Waals surface area contributed by atoms with E-state index in [0.29, 0.717) is 18.5 Å². The molecule has 0 saturated carbocycles. The number of aryl methyl sites for hydroxylation is 1. The number of aromatic nitrogens is 3. The zero-order valence-electron chi connectivity index (χ0n) is 16.0. The predicted molar refractivity (Wildman–Crippen MR) is 102 cm³/mol. The van der Waals surface area contributed by atoms with Gasteiger partial charge >= 0.3 is 0 Å². The van der Waals surface area contributed by atoms with E-state index in [-0.39, 0.29) is 24.8 Å². The number of nitrogens with one attached hydrogen (secondary N) is 1.